The third kappa shape index (κ3) is 2.69. The van der Waals surface area contributed by atoms with Crippen LogP contribution in [-0.2, 0) is 4.74 Å². The van der Waals surface area contributed by atoms with Crippen molar-refractivity contribution in [3.05, 3.63) is 65.7 Å². The molecule has 2 aromatic heterocycles. The lowest BCUT2D eigenvalue weighted by atomic mass is 10.0. The summed E-state index contributed by atoms with van der Waals surface area (Å²) in [5.74, 6) is 1.18. The monoisotopic (exact) mass is 348 g/mol. The maximum Gasteiger partial charge on any atom is 0.273 e. The maximum absolute atomic E-state index is 13.5. The first-order valence-corrected chi connectivity index (χ1v) is 9.13. The number of carbonyl (C=O) groups excluding carboxylic acids is 1. The van der Waals surface area contributed by atoms with E-state index in [0.29, 0.717) is 31.4 Å². The highest BCUT2D eigenvalue weighted by atomic mass is 16.5. The van der Waals surface area contributed by atoms with Gasteiger partial charge in [0.2, 0.25) is 0 Å². The third-order valence-electron chi connectivity index (χ3n) is 5.23. The fraction of sp³-hybridized carbons (Fsp3) is 0.333. The number of furan rings is 1. The Kier molecular flexibility index (Phi) is 3.75. The molecule has 0 spiro atoms. The summed E-state index contributed by atoms with van der Waals surface area (Å²) in [6.45, 7) is 1.53. The van der Waals surface area contributed by atoms with Crippen molar-refractivity contribution in [3.63, 3.8) is 0 Å². The number of para-hydroxylation sites is 1. The lowest BCUT2D eigenvalue weighted by Crippen LogP contribution is -2.43. The van der Waals surface area contributed by atoms with Crippen LogP contribution in [0, 0.1) is 0 Å². The molecule has 1 aromatic carbocycles. The van der Waals surface area contributed by atoms with Crippen LogP contribution in [0.4, 0.5) is 0 Å². The van der Waals surface area contributed by atoms with Gasteiger partial charge in [-0.2, -0.15) is 0 Å². The summed E-state index contributed by atoms with van der Waals surface area (Å²) >= 11 is 0. The van der Waals surface area contributed by atoms with Gasteiger partial charge in [0.25, 0.3) is 5.91 Å². The molecule has 1 aliphatic carbocycles. The molecule has 2 aliphatic rings. The van der Waals surface area contributed by atoms with Gasteiger partial charge in [-0.1, -0.05) is 18.2 Å². The molecule has 1 aliphatic heterocycles. The van der Waals surface area contributed by atoms with Crippen LogP contribution in [0.2, 0.25) is 0 Å². The van der Waals surface area contributed by atoms with Crippen molar-refractivity contribution >= 4 is 16.8 Å². The molecule has 1 atom stereocenters. The molecule has 1 saturated carbocycles. The molecule has 1 saturated heterocycles. The van der Waals surface area contributed by atoms with Crippen LogP contribution in [0.1, 0.15) is 46.6 Å². The van der Waals surface area contributed by atoms with E-state index in [1.165, 1.54) is 0 Å². The molecule has 2 fully saturated rings. The first-order valence-electron chi connectivity index (χ1n) is 9.13. The quantitative estimate of drug-likeness (QED) is 0.720. The van der Waals surface area contributed by atoms with E-state index < -0.39 is 0 Å². The van der Waals surface area contributed by atoms with E-state index in [1.807, 2.05) is 35.2 Å². The van der Waals surface area contributed by atoms with Gasteiger partial charge in [-0.25, -0.2) is 4.98 Å². The Balaban J connectivity index is 1.57. The number of rotatable bonds is 3. The Labute approximate surface area is 151 Å². The van der Waals surface area contributed by atoms with Gasteiger partial charge in [0, 0.05) is 11.9 Å². The zero-order valence-corrected chi connectivity index (χ0v) is 14.4. The van der Waals surface area contributed by atoms with Crippen molar-refractivity contribution in [1.82, 2.24) is 9.88 Å². The number of aromatic nitrogens is 1. The minimum atomic E-state index is -0.202. The fourth-order valence-corrected chi connectivity index (χ4v) is 3.71. The Morgan fingerprint density at radius 3 is 2.85 bits per heavy atom. The van der Waals surface area contributed by atoms with Gasteiger partial charge < -0.3 is 14.1 Å². The standard InChI is InChI=1S/C21H20N2O3/c24-21(23-9-11-25-13-18(23)19-6-3-10-26-19)20-16(14-7-8-14)12-15-4-1-2-5-17(15)22-20/h1-6,10,12,14,18H,7-9,11,13H2. The molecule has 3 heterocycles. The number of hydrogen-bond donors (Lipinski definition) is 0. The Bertz CT molecular complexity index is 947. The normalized spacial score (nSPS) is 20.5. The van der Waals surface area contributed by atoms with Crippen LogP contribution in [0.25, 0.3) is 10.9 Å². The highest BCUT2D eigenvalue weighted by Gasteiger charge is 2.36. The average Bonchev–Trinajstić information content (AvgIpc) is 3.40. The molecule has 5 rings (SSSR count). The summed E-state index contributed by atoms with van der Waals surface area (Å²) in [5.41, 5.74) is 2.53. The van der Waals surface area contributed by atoms with Crippen molar-refractivity contribution in [2.24, 2.45) is 0 Å². The van der Waals surface area contributed by atoms with E-state index in [2.05, 4.69) is 12.1 Å². The summed E-state index contributed by atoms with van der Waals surface area (Å²) in [4.78, 5) is 20.1. The lowest BCUT2D eigenvalue weighted by molar-refractivity contribution is -0.00909. The number of ether oxygens (including phenoxy) is 1. The Morgan fingerprint density at radius 1 is 1.15 bits per heavy atom. The van der Waals surface area contributed by atoms with E-state index in [1.54, 1.807) is 6.26 Å². The number of amides is 1. The molecule has 26 heavy (non-hydrogen) atoms. The molecule has 132 valence electrons. The Morgan fingerprint density at radius 2 is 2.04 bits per heavy atom. The zero-order valence-electron chi connectivity index (χ0n) is 14.4. The second-order valence-corrected chi connectivity index (χ2v) is 7.00. The van der Waals surface area contributed by atoms with Crippen LogP contribution in [0.3, 0.4) is 0 Å². The summed E-state index contributed by atoms with van der Waals surface area (Å²) < 4.78 is 11.2. The van der Waals surface area contributed by atoms with E-state index >= 15 is 0 Å². The number of hydrogen-bond acceptors (Lipinski definition) is 4. The molecule has 3 aromatic rings. The van der Waals surface area contributed by atoms with E-state index in [-0.39, 0.29) is 11.9 Å². The number of carbonyl (C=O) groups is 1. The number of fused-ring (bicyclic) bond motifs is 1. The van der Waals surface area contributed by atoms with Crippen LogP contribution in [0.15, 0.2) is 53.1 Å². The van der Waals surface area contributed by atoms with Gasteiger partial charge >= 0.3 is 0 Å². The summed E-state index contributed by atoms with van der Waals surface area (Å²) in [5, 5.41) is 1.09. The van der Waals surface area contributed by atoms with Crippen LogP contribution >= 0.6 is 0 Å². The summed E-state index contributed by atoms with van der Waals surface area (Å²) in [6, 6.07) is 13.7. The highest BCUT2D eigenvalue weighted by Crippen LogP contribution is 2.43. The first kappa shape index (κ1) is 15.6. The second-order valence-electron chi connectivity index (χ2n) is 7.00. The molecular weight excluding hydrogens is 328 g/mol. The van der Waals surface area contributed by atoms with Gasteiger partial charge in [0.05, 0.1) is 25.0 Å². The van der Waals surface area contributed by atoms with Crippen LogP contribution in [0.5, 0.6) is 0 Å². The van der Waals surface area contributed by atoms with E-state index in [0.717, 1.165) is 35.1 Å². The molecular formula is C21H20N2O3. The number of pyridine rings is 1. The maximum atomic E-state index is 13.5. The number of morpholine rings is 1. The average molecular weight is 348 g/mol. The molecule has 0 radical (unpaired) electrons. The minimum Gasteiger partial charge on any atom is -0.467 e. The zero-order chi connectivity index (χ0) is 17.5. The van der Waals surface area contributed by atoms with Crippen LogP contribution in [-0.4, -0.2) is 35.5 Å². The SMILES string of the molecule is O=C(c1nc2ccccc2cc1C1CC1)N1CCOCC1c1ccco1. The smallest absolute Gasteiger partial charge is 0.273 e. The minimum absolute atomic E-state index is 0.0256. The van der Waals surface area contributed by atoms with Crippen molar-refractivity contribution in [1.29, 1.82) is 0 Å². The van der Waals surface area contributed by atoms with Gasteiger partial charge in [-0.3, -0.25) is 4.79 Å². The van der Waals surface area contributed by atoms with Gasteiger partial charge in [-0.15, -0.1) is 0 Å². The molecule has 1 amide bonds. The van der Waals surface area contributed by atoms with E-state index in [9.17, 15) is 4.79 Å². The highest BCUT2D eigenvalue weighted by molar-refractivity contribution is 5.97. The lowest BCUT2D eigenvalue weighted by Gasteiger charge is -2.34. The number of benzene rings is 1. The number of nitrogens with zero attached hydrogens (tertiary/aromatic N) is 2. The van der Waals surface area contributed by atoms with Gasteiger partial charge in [0.15, 0.2) is 0 Å². The molecule has 1 unspecified atom stereocenters. The summed E-state index contributed by atoms with van der Waals surface area (Å²) in [6.07, 6.45) is 3.90. The van der Waals surface area contributed by atoms with Crippen molar-refractivity contribution in [2.45, 2.75) is 24.8 Å². The first-order chi connectivity index (χ1) is 12.8. The molecule has 0 N–H and O–H groups in total. The molecule has 5 heteroatoms. The van der Waals surface area contributed by atoms with Crippen LogP contribution < -0.4 is 0 Å². The van der Waals surface area contributed by atoms with Crippen molar-refractivity contribution in [3.8, 4) is 0 Å². The van der Waals surface area contributed by atoms with E-state index in [4.69, 9.17) is 14.1 Å². The largest absolute Gasteiger partial charge is 0.467 e. The molecule has 0 bridgehead atoms. The predicted molar refractivity (Wildman–Crippen MR) is 97.0 cm³/mol. The topological polar surface area (TPSA) is 55.6 Å². The fourth-order valence-electron chi connectivity index (χ4n) is 3.71. The Hall–Kier alpha value is -2.66. The van der Waals surface area contributed by atoms with Crippen molar-refractivity contribution < 1.29 is 13.9 Å². The second kappa shape index (κ2) is 6.25. The summed E-state index contributed by atoms with van der Waals surface area (Å²) in [7, 11) is 0. The van der Waals surface area contributed by atoms with Gasteiger partial charge in [-0.05, 0) is 48.6 Å². The predicted octanol–water partition coefficient (Wildman–Crippen LogP) is 3.92. The third-order valence-corrected chi connectivity index (χ3v) is 5.23. The molecule has 5 nitrogen and oxygen atoms in total. The van der Waals surface area contributed by atoms with Gasteiger partial charge in [0.1, 0.15) is 17.5 Å². The van der Waals surface area contributed by atoms with Crippen molar-refractivity contribution in [2.75, 3.05) is 19.8 Å².